The Hall–Kier alpha value is -2.44. The molecule has 0 unspecified atom stereocenters. The number of aromatic nitrogens is 5. The highest BCUT2D eigenvalue weighted by Crippen LogP contribution is 2.40. The van der Waals surface area contributed by atoms with Crippen LogP contribution in [0.1, 0.15) is 43.5 Å². The van der Waals surface area contributed by atoms with Gasteiger partial charge in [0.2, 0.25) is 5.95 Å². The van der Waals surface area contributed by atoms with E-state index in [1.54, 1.807) is 4.68 Å². The van der Waals surface area contributed by atoms with E-state index in [0.717, 1.165) is 41.9 Å². The van der Waals surface area contributed by atoms with Gasteiger partial charge in [0.1, 0.15) is 12.4 Å². The Morgan fingerprint density at radius 1 is 1.41 bits per heavy atom. The molecule has 7 heteroatoms. The van der Waals surface area contributed by atoms with Crippen LogP contribution in [0, 0.1) is 6.92 Å². The number of ketones is 1. The molecule has 0 saturated carbocycles. The van der Waals surface area contributed by atoms with Crippen LogP contribution in [0.4, 0.5) is 5.95 Å². The lowest BCUT2D eigenvalue weighted by molar-refractivity contribution is -0.116. The van der Waals surface area contributed by atoms with Crippen LogP contribution < -0.4 is 5.32 Å². The van der Waals surface area contributed by atoms with Gasteiger partial charge in [0.25, 0.3) is 0 Å². The molecule has 3 heterocycles. The second-order valence-corrected chi connectivity index (χ2v) is 5.75. The normalized spacial score (nSPS) is 20.6. The van der Waals surface area contributed by atoms with Crippen LogP contribution in [0.15, 0.2) is 23.8 Å². The fourth-order valence-corrected chi connectivity index (χ4v) is 3.35. The minimum absolute atomic E-state index is 0.198. The molecule has 114 valence electrons. The van der Waals surface area contributed by atoms with Crippen LogP contribution in [-0.2, 0) is 11.3 Å². The lowest BCUT2D eigenvalue weighted by Crippen LogP contribution is -2.31. The molecule has 2 aromatic heterocycles. The highest BCUT2D eigenvalue weighted by atomic mass is 16.1. The van der Waals surface area contributed by atoms with Crippen molar-refractivity contribution >= 4 is 11.7 Å². The summed E-state index contributed by atoms with van der Waals surface area (Å²) in [5.41, 5.74) is 3.77. The molecule has 1 aliphatic heterocycles. The predicted molar refractivity (Wildman–Crippen MR) is 80.3 cm³/mol. The van der Waals surface area contributed by atoms with E-state index in [0.29, 0.717) is 12.4 Å². The number of nitrogens with one attached hydrogen (secondary N) is 1. The van der Waals surface area contributed by atoms with Crippen molar-refractivity contribution < 1.29 is 4.79 Å². The summed E-state index contributed by atoms with van der Waals surface area (Å²) in [6.07, 6.45) is 5.91. The van der Waals surface area contributed by atoms with Crippen LogP contribution in [0.3, 0.4) is 0 Å². The van der Waals surface area contributed by atoms with Crippen LogP contribution in [0.2, 0.25) is 0 Å². The van der Waals surface area contributed by atoms with E-state index in [4.69, 9.17) is 0 Å². The van der Waals surface area contributed by atoms with Gasteiger partial charge in [-0.25, -0.2) is 4.68 Å². The Labute approximate surface area is 128 Å². The smallest absolute Gasteiger partial charge is 0.226 e. The van der Waals surface area contributed by atoms with Gasteiger partial charge in [-0.15, -0.1) is 0 Å². The Balaban J connectivity index is 1.92. The number of allylic oxidation sites excluding steroid dienone is 2. The molecule has 0 bridgehead atoms. The molecular weight excluding hydrogens is 280 g/mol. The summed E-state index contributed by atoms with van der Waals surface area (Å²) in [5.74, 6) is 0.894. The van der Waals surface area contributed by atoms with E-state index in [2.05, 4.69) is 27.4 Å². The SMILES string of the molecule is CCn1cc([C@H]2C3=C(CCCC3=O)Nc3ncnn32)c(C)n1. The van der Waals surface area contributed by atoms with Gasteiger partial charge in [-0.05, 0) is 26.7 Å². The van der Waals surface area contributed by atoms with Gasteiger partial charge in [-0.2, -0.15) is 15.2 Å². The first-order valence-electron chi connectivity index (χ1n) is 7.65. The number of carbonyl (C=O) groups is 1. The number of hydrogen-bond acceptors (Lipinski definition) is 5. The second-order valence-electron chi connectivity index (χ2n) is 5.75. The largest absolute Gasteiger partial charge is 0.328 e. The van der Waals surface area contributed by atoms with E-state index >= 15 is 0 Å². The Morgan fingerprint density at radius 2 is 2.27 bits per heavy atom. The van der Waals surface area contributed by atoms with E-state index in [1.807, 2.05) is 17.8 Å². The maximum Gasteiger partial charge on any atom is 0.226 e. The standard InChI is InChI=1S/C15H18N6O/c1-3-20-7-10(9(2)19-20)14-13-11(5-4-6-12(13)22)18-15-16-8-17-21(14)15/h7-8,14H,3-6H2,1-2H3,(H,16,17,18)/t14-/m0/s1. The van der Waals surface area contributed by atoms with Crippen molar-refractivity contribution in [3.05, 3.63) is 35.1 Å². The van der Waals surface area contributed by atoms with Gasteiger partial charge < -0.3 is 5.32 Å². The molecule has 0 aromatic carbocycles. The molecule has 7 nitrogen and oxygen atoms in total. The minimum atomic E-state index is -0.221. The molecular formula is C15H18N6O. The van der Waals surface area contributed by atoms with E-state index in [1.165, 1.54) is 6.33 Å². The number of fused-ring (bicyclic) bond motifs is 1. The van der Waals surface area contributed by atoms with Crippen LogP contribution in [0.5, 0.6) is 0 Å². The number of nitrogens with zero attached hydrogens (tertiary/aromatic N) is 5. The number of rotatable bonds is 2. The molecule has 0 fully saturated rings. The lowest BCUT2D eigenvalue weighted by Gasteiger charge is -2.31. The first-order chi connectivity index (χ1) is 10.7. The van der Waals surface area contributed by atoms with E-state index in [9.17, 15) is 4.79 Å². The summed E-state index contributed by atoms with van der Waals surface area (Å²) in [7, 11) is 0. The average Bonchev–Trinajstić information content (AvgIpc) is 3.11. The first kappa shape index (κ1) is 13.2. The molecule has 0 radical (unpaired) electrons. The molecule has 0 saturated heterocycles. The van der Waals surface area contributed by atoms with Crippen molar-refractivity contribution in [1.29, 1.82) is 0 Å². The third-order valence-electron chi connectivity index (χ3n) is 4.41. The van der Waals surface area contributed by atoms with Crippen LogP contribution >= 0.6 is 0 Å². The summed E-state index contributed by atoms with van der Waals surface area (Å²) < 4.78 is 3.70. The van der Waals surface area contributed by atoms with Crippen molar-refractivity contribution in [3.8, 4) is 0 Å². The summed E-state index contributed by atoms with van der Waals surface area (Å²) in [6, 6.07) is -0.221. The molecule has 2 aliphatic rings. The van der Waals surface area contributed by atoms with Crippen LogP contribution in [-0.4, -0.2) is 30.3 Å². The summed E-state index contributed by atoms with van der Waals surface area (Å²) in [4.78, 5) is 16.8. The Kier molecular flexibility index (Phi) is 2.88. The zero-order valence-electron chi connectivity index (χ0n) is 12.7. The van der Waals surface area contributed by atoms with Gasteiger partial charge in [-0.3, -0.25) is 9.48 Å². The zero-order chi connectivity index (χ0) is 15.3. The van der Waals surface area contributed by atoms with Crippen molar-refractivity contribution in [1.82, 2.24) is 24.5 Å². The lowest BCUT2D eigenvalue weighted by atomic mass is 9.86. The maximum atomic E-state index is 12.5. The van der Waals surface area contributed by atoms with Crippen molar-refractivity contribution in [2.45, 2.75) is 45.7 Å². The van der Waals surface area contributed by atoms with Crippen LogP contribution in [0.25, 0.3) is 0 Å². The summed E-state index contributed by atoms with van der Waals surface area (Å²) in [6.45, 7) is 4.83. The molecule has 1 N–H and O–H groups in total. The quantitative estimate of drug-likeness (QED) is 0.915. The Morgan fingerprint density at radius 3 is 3.05 bits per heavy atom. The molecule has 22 heavy (non-hydrogen) atoms. The van der Waals surface area contributed by atoms with Crippen molar-refractivity contribution in [2.75, 3.05) is 5.32 Å². The highest BCUT2D eigenvalue weighted by molar-refractivity contribution is 5.99. The fourth-order valence-electron chi connectivity index (χ4n) is 3.35. The van der Waals surface area contributed by atoms with Crippen molar-refractivity contribution in [2.24, 2.45) is 0 Å². The van der Waals surface area contributed by atoms with Crippen molar-refractivity contribution in [3.63, 3.8) is 0 Å². The van der Waals surface area contributed by atoms with Gasteiger partial charge in [0.05, 0.1) is 5.69 Å². The van der Waals surface area contributed by atoms with Gasteiger partial charge in [-0.1, -0.05) is 0 Å². The second kappa shape index (κ2) is 4.79. The molecule has 0 amide bonds. The minimum Gasteiger partial charge on any atom is -0.328 e. The number of hydrogen-bond donors (Lipinski definition) is 1. The molecule has 4 rings (SSSR count). The number of Topliss-reactive ketones (excluding diaryl/α,β-unsaturated/α-hetero) is 1. The fraction of sp³-hybridized carbons (Fsp3) is 0.467. The molecule has 0 spiro atoms. The molecule has 2 aromatic rings. The number of carbonyl (C=O) groups excluding carboxylic acids is 1. The third-order valence-corrected chi connectivity index (χ3v) is 4.41. The monoisotopic (exact) mass is 298 g/mol. The van der Waals surface area contributed by atoms with E-state index < -0.39 is 0 Å². The topological polar surface area (TPSA) is 77.6 Å². The molecule has 1 aliphatic carbocycles. The first-order valence-corrected chi connectivity index (χ1v) is 7.65. The third kappa shape index (κ3) is 1.81. The number of anilines is 1. The predicted octanol–water partition coefficient (Wildman–Crippen LogP) is 1.82. The maximum absolute atomic E-state index is 12.5. The summed E-state index contributed by atoms with van der Waals surface area (Å²) >= 11 is 0. The van der Waals surface area contributed by atoms with Gasteiger partial charge in [0, 0.05) is 36.0 Å². The average molecular weight is 298 g/mol. The van der Waals surface area contributed by atoms with Gasteiger partial charge in [0.15, 0.2) is 5.78 Å². The molecule has 1 atom stereocenters. The zero-order valence-corrected chi connectivity index (χ0v) is 12.7. The number of aryl methyl sites for hydroxylation is 2. The highest BCUT2D eigenvalue weighted by Gasteiger charge is 2.37. The van der Waals surface area contributed by atoms with Gasteiger partial charge >= 0.3 is 0 Å². The van der Waals surface area contributed by atoms with E-state index in [-0.39, 0.29) is 11.8 Å². The Bertz CT molecular complexity index is 784. The summed E-state index contributed by atoms with van der Waals surface area (Å²) in [5, 5.41) is 12.1.